The summed E-state index contributed by atoms with van der Waals surface area (Å²) in [5.74, 6) is 1.64. The minimum absolute atomic E-state index is 0.239. The van der Waals surface area contributed by atoms with Gasteiger partial charge in [0.15, 0.2) is 16.7 Å². The maximum Gasteiger partial charge on any atom is 0.248 e. The predicted molar refractivity (Wildman–Crippen MR) is 133 cm³/mol. The molecular weight excluding hydrogens is 466 g/mol. The van der Waals surface area contributed by atoms with Crippen LogP contribution in [0.3, 0.4) is 0 Å². The third-order valence-electron chi connectivity index (χ3n) is 5.17. The van der Waals surface area contributed by atoms with E-state index in [1.807, 2.05) is 67.9 Å². The normalized spacial score (nSPS) is 11.1. The lowest BCUT2D eigenvalue weighted by atomic mass is 10.2. The van der Waals surface area contributed by atoms with Crippen LogP contribution in [-0.4, -0.2) is 32.9 Å². The first-order chi connectivity index (χ1) is 16.9. The zero-order valence-corrected chi connectivity index (χ0v) is 20.6. The number of carbonyl (C=O) groups is 1. The summed E-state index contributed by atoms with van der Waals surface area (Å²) < 4.78 is 18.4. The molecule has 0 saturated heterocycles. The van der Waals surface area contributed by atoms with Crippen LogP contribution in [0.4, 0.5) is 5.69 Å². The Balaban J connectivity index is 1.34. The number of nitrogens with one attached hydrogen (secondary N) is 1. The zero-order valence-electron chi connectivity index (χ0n) is 19.8. The van der Waals surface area contributed by atoms with E-state index in [-0.39, 0.29) is 5.91 Å². The molecule has 2 aromatic heterocycles. The first-order valence-electron chi connectivity index (χ1n) is 10.8. The van der Waals surface area contributed by atoms with E-state index in [0.717, 1.165) is 32.6 Å². The largest absolute Gasteiger partial charge is 0.493 e. The molecule has 180 valence electrons. The summed E-state index contributed by atoms with van der Waals surface area (Å²) in [6, 6.07) is 13.0. The first-order valence-corrected chi connectivity index (χ1v) is 11.6. The van der Waals surface area contributed by atoms with Crippen molar-refractivity contribution < 1.29 is 18.8 Å². The SMILES string of the molecule is COc1cc(/C=C/C(=O)Nc2ccc(Sc3nncn3C)cc2)ccc1OCc1c(C)noc1C. The van der Waals surface area contributed by atoms with Gasteiger partial charge in [0.2, 0.25) is 5.91 Å². The van der Waals surface area contributed by atoms with Crippen molar-refractivity contribution in [3.05, 3.63) is 77.4 Å². The summed E-state index contributed by atoms with van der Waals surface area (Å²) in [5.41, 5.74) is 3.21. The van der Waals surface area contributed by atoms with Gasteiger partial charge < -0.3 is 23.9 Å². The van der Waals surface area contributed by atoms with Crippen molar-refractivity contribution in [2.24, 2.45) is 7.05 Å². The third kappa shape index (κ3) is 6.10. The van der Waals surface area contributed by atoms with Crippen LogP contribution < -0.4 is 14.8 Å². The zero-order chi connectivity index (χ0) is 24.8. The fraction of sp³-hybridized carbons (Fsp3) is 0.200. The number of rotatable bonds is 9. The Morgan fingerprint density at radius 3 is 2.63 bits per heavy atom. The summed E-state index contributed by atoms with van der Waals surface area (Å²) in [6.45, 7) is 4.05. The van der Waals surface area contributed by atoms with Crippen LogP contribution in [0.2, 0.25) is 0 Å². The highest BCUT2D eigenvalue weighted by atomic mass is 32.2. The number of benzene rings is 2. The van der Waals surface area contributed by atoms with Gasteiger partial charge in [0.1, 0.15) is 18.7 Å². The van der Waals surface area contributed by atoms with E-state index in [1.165, 1.54) is 17.8 Å². The van der Waals surface area contributed by atoms with Crippen LogP contribution in [-0.2, 0) is 18.4 Å². The molecule has 0 aliphatic rings. The van der Waals surface area contributed by atoms with Gasteiger partial charge in [-0.2, -0.15) is 0 Å². The molecule has 0 radical (unpaired) electrons. The number of nitrogens with zero attached hydrogens (tertiary/aromatic N) is 4. The van der Waals surface area contributed by atoms with Gasteiger partial charge in [-0.3, -0.25) is 4.79 Å². The number of anilines is 1. The van der Waals surface area contributed by atoms with Crippen LogP contribution in [0.25, 0.3) is 6.08 Å². The Morgan fingerprint density at radius 2 is 1.97 bits per heavy atom. The standard InChI is InChI=1S/C25H25N5O4S/c1-16-21(17(2)34-29-16)14-33-22-11-5-18(13-23(22)32-4)6-12-24(31)27-19-7-9-20(10-8-19)35-25-28-26-15-30(25)3/h5-13,15H,14H2,1-4H3,(H,27,31)/b12-6+. The molecular formula is C25H25N5O4S. The fourth-order valence-electron chi connectivity index (χ4n) is 3.20. The van der Waals surface area contributed by atoms with Crippen molar-refractivity contribution in [1.82, 2.24) is 19.9 Å². The smallest absolute Gasteiger partial charge is 0.248 e. The molecule has 0 unspecified atom stereocenters. The van der Waals surface area contributed by atoms with Gasteiger partial charge in [0, 0.05) is 23.7 Å². The van der Waals surface area contributed by atoms with Crippen LogP contribution in [0.1, 0.15) is 22.6 Å². The summed E-state index contributed by atoms with van der Waals surface area (Å²) in [6.07, 6.45) is 4.84. The molecule has 0 aliphatic carbocycles. The fourth-order valence-corrected chi connectivity index (χ4v) is 3.96. The Labute approximate surface area is 207 Å². The highest BCUT2D eigenvalue weighted by Gasteiger charge is 2.12. The Bertz CT molecular complexity index is 1320. The van der Waals surface area contributed by atoms with E-state index in [2.05, 4.69) is 20.7 Å². The molecule has 10 heteroatoms. The molecule has 4 aromatic rings. The van der Waals surface area contributed by atoms with Gasteiger partial charge in [-0.1, -0.05) is 11.2 Å². The number of aromatic nitrogens is 4. The van der Waals surface area contributed by atoms with Gasteiger partial charge >= 0.3 is 0 Å². The van der Waals surface area contributed by atoms with E-state index >= 15 is 0 Å². The number of carbonyl (C=O) groups excluding carboxylic acids is 1. The molecule has 0 spiro atoms. The van der Waals surface area contributed by atoms with Crippen molar-refractivity contribution in [3.8, 4) is 11.5 Å². The Hall–Kier alpha value is -4.05. The molecule has 0 bridgehead atoms. The minimum atomic E-state index is -0.239. The number of aryl methyl sites for hydroxylation is 3. The number of amides is 1. The van der Waals surface area contributed by atoms with E-state index in [9.17, 15) is 4.79 Å². The Kier molecular flexibility index (Phi) is 7.51. The average molecular weight is 492 g/mol. The van der Waals surface area contributed by atoms with Gasteiger partial charge in [-0.15, -0.1) is 10.2 Å². The molecule has 0 fully saturated rings. The van der Waals surface area contributed by atoms with Crippen molar-refractivity contribution in [3.63, 3.8) is 0 Å². The number of hydrogen-bond acceptors (Lipinski definition) is 8. The van der Waals surface area contributed by atoms with E-state index in [4.69, 9.17) is 14.0 Å². The maximum absolute atomic E-state index is 12.4. The summed E-state index contributed by atoms with van der Waals surface area (Å²) in [5, 5.41) is 15.5. The molecule has 4 rings (SSSR count). The second-order valence-corrected chi connectivity index (χ2v) is 8.72. The molecule has 1 N–H and O–H groups in total. The lowest BCUT2D eigenvalue weighted by molar-refractivity contribution is -0.111. The molecule has 0 saturated carbocycles. The molecule has 0 atom stereocenters. The summed E-state index contributed by atoms with van der Waals surface area (Å²) in [7, 11) is 3.46. The number of hydrogen-bond donors (Lipinski definition) is 1. The highest BCUT2D eigenvalue weighted by Crippen LogP contribution is 2.30. The lowest BCUT2D eigenvalue weighted by Gasteiger charge is -2.11. The van der Waals surface area contributed by atoms with Crippen molar-refractivity contribution >= 4 is 29.4 Å². The number of ether oxygens (including phenoxy) is 2. The second kappa shape index (κ2) is 10.9. The molecule has 2 heterocycles. The maximum atomic E-state index is 12.4. The van der Waals surface area contributed by atoms with Gasteiger partial charge in [-0.25, -0.2) is 0 Å². The van der Waals surface area contributed by atoms with E-state index < -0.39 is 0 Å². The molecule has 2 aromatic carbocycles. The van der Waals surface area contributed by atoms with Gasteiger partial charge in [0.25, 0.3) is 0 Å². The lowest BCUT2D eigenvalue weighted by Crippen LogP contribution is -2.07. The minimum Gasteiger partial charge on any atom is -0.493 e. The topological polar surface area (TPSA) is 104 Å². The van der Waals surface area contributed by atoms with Crippen molar-refractivity contribution in [2.75, 3.05) is 12.4 Å². The monoisotopic (exact) mass is 491 g/mol. The quantitative estimate of drug-likeness (QED) is 0.333. The van der Waals surface area contributed by atoms with E-state index in [1.54, 1.807) is 19.5 Å². The first kappa shape index (κ1) is 24.1. The third-order valence-corrected chi connectivity index (χ3v) is 6.23. The second-order valence-electron chi connectivity index (χ2n) is 7.68. The number of methoxy groups -OCH3 is 1. The van der Waals surface area contributed by atoms with Crippen LogP contribution in [0.15, 0.2) is 69.4 Å². The van der Waals surface area contributed by atoms with Crippen LogP contribution >= 0.6 is 11.8 Å². The van der Waals surface area contributed by atoms with Gasteiger partial charge in [-0.05, 0) is 73.6 Å². The summed E-state index contributed by atoms with van der Waals surface area (Å²) >= 11 is 1.50. The predicted octanol–water partition coefficient (Wildman–Crippen LogP) is 4.81. The average Bonchev–Trinajstić information content (AvgIpc) is 3.41. The molecule has 1 amide bonds. The van der Waals surface area contributed by atoms with Gasteiger partial charge in [0.05, 0.1) is 18.4 Å². The van der Waals surface area contributed by atoms with Crippen LogP contribution in [0.5, 0.6) is 11.5 Å². The highest BCUT2D eigenvalue weighted by molar-refractivity contribution is 7.99. The summed E-state index contributed by atoms with van der Waals surface area (Å²) in [4.78, 5) is 13.4. The molecule has 0 aliphatic heterocycles. The molecule has 35 heavy (non-hydrogen) atoms. The van der Waals surface area contributed by atoms with Crippen molar-refractivity contribution in [1.29, 1.82) is 0 Å². The molecule has 9 nitrogen and oxygen atoms in total. The van der Waals surface area contributed by atoms with E-state index in [0.29, 0.717) is 23.8 Å². The van der Waals surface area contributed by atoms with Crippen molar-refractivity contribution in [2.45, 2.75) is 30.5 Å². The van der Waals surface area contributed by atoms with Crippen LogP contribution in [0, 0.1) is 13.8 Å². The Morgan fingerprint density at radius 1 is 1.17 bits per heavy atom.